The molecule has 0 unspecified atom stereocenters. The lowest BCUT2D eigenvalue weighted by atomic mass is 10.1. The third kappa shape index (κ3) is 5.34. The molecule has 0 fully saturated rings. The van der Waals surface area contributed by atoms with Crippen LogP contribution in [-0.4, -0.2) is 28.4 Å². The average Bonchev–Trinajstić information content (AvgIpc) is 3.40. The number of anilines is 1. The normalized spacial score (nSPS) is 12.7. The van der Waals surface area contributed by atoms with E-state index in [2.05, 4.69) is 22.7 Å². The Bertz CT molecular complexity index is 1200. The zero-order chi connectivity index (χ0) is 23.4. The summed E-state index contributed by atoms with van der Waals surface area (Å²) in [6.45, 7) is 9.54. The van der Waals surface area contributed by atoms with Gasteiger partial charge in [0.2, 0.25) is 12.8 Å². The number of hydrogen-bond acceptors (Lipinski definition) is 5. The molecule has 8 heteroatoms. The van der Waals surface area contributed by atoms with Crippen molar-refractivity contribution in [3.8, 4) is 11.5 Å². The van der Waals surface area contributed by atoms with Crippen LogP contribution in [0.1, 0.15) is 46.1 Å². The van der Waals surface area contributed by atoms with Gasteiger partial charge in [-0.1, -0.05) is 19.1 Å². The maximum atomic E-state index is 13.0. The van der Waals surface area contributed by atoms with Crippen LogP contribution in [0.25, 0.3) is 0 Å². The largest absolute Gasteiger partial charge is 0.454 e. The van der Waals surface area contributed by atoms with Crippen molar-refractivity contribution in [2.75, 3.05) is 12.1 Å². The number of aryl methyl sites for hydroxylation is 4. The Labute approximate surface area is 193 Å². The smallest absolute Gasteiger partial charge is 0.258 e. The standard InChI is InChI=1S/C25H29N5O3/c1-5-10-30-14-20(18(4)29-30)13-26-25(27-21-11-16(2)6-7-17(21)3)28-24(31)19-8-9-22-23(12-19)33-15-32-22/h6-9,11-12,14H,5,10,13,15H2,1-4H3,(H2,26,27,28,31). The van der Waals surface area contributed by atoms with E-state index in [0.29, 0.717) is 29.6 Å². The molecule has 1 aliphatic rings. The number of benzene rings is 2. The van der Waals surface area contributed by atoms with Crippen LogP contribution in [0.2, 0.25) is 0 Å². The lowest BCUT2D eigenvalue weighted by Crippen LogP contribution is -2.36. The number of guanidine groups is 1. The quantitative estimate of drug-likeness (QED) is 0.433. The van der Waals surface area contributed by atoms with E-state index < -0.39 is 0 Å². The molecule has 8 nitrogen and oxygen atoms in total. The lowest BCUT2D eigenvalue weighted by molar-refractivity contribution is 0.0976. The van der Waals surface area contributed by atoms with Gasteiger partial charge in [0.15, 0.2) is 11.5 Å². The second-order valence-corrected chi connectivity index (χ2v) is 8.13. The van der Waals surface area contributed by atoms with Crippen LogP contribution in [0.15, 0.2) is 47.6 Å². The van der Waals surface area contributed by atoms with Gasteiger partial charge in [-0.3, -0.25) is 14.8 Å². The molecule has 3 aromatic rings. The predicted molar refractivity (Wildman–Crippen MR) is 128 cm³/mol. The molecule has 0 atom stereocenters. The van der Waals surface area contributed by atoms with Gasteiger partial charge in [0.05, 0.1) is 12.2 Å². The maximum absolute atomic E-state index is 13.0. The molecule has 0 saturated heterocycles. The van der Waals surface area contributed by atoms with Gasteiger partial charge in [-0.05, 0) is 62.6 Å². The summed E-state index contributed by atoms with van der Waals surface area (Å²) in [5.74, 6) is 1.27. The molecular weight excluding hydrogens is 418 g/mol. The summed E-state index contributed by atoms with van der Waals surface area (Å²) in [5.41, 5.74) is 5.46. The monoisotopic (exact) mass is 447 g/mol. The van der Waals surface area contributed by atoms with Gasteiger partial charge in [0.1, 0.15) is 0 Å². The van der Waals surface area contributed by atoms with Gasteiger partial charge < -0.3 is 14.8 Å². The zero-order valence-electron chi connectivity index (χ0n) is 19.4. The molecule has 1 amide bonds. The van der Waals surface area contributed by atoms with E-state index >= 15 is 0 Å². The van der Waals surface area contributed by atoms with Crippen LogP contribution in [0.4, 0.5) is 5.69 Å². The van der Waals surface area contributed by atoms with Crippen molar-refractivity contribution in [1.82, 2.24) is 15.1 Å². The van der Waals surface area contributed by atoms with Crippen molar-refractivity contribution in [3.05, 3.63) is 70.5 Å². The number of carbonyl (C=O) groups excluding carboxylic acids is 1. The zero-order valence-corrected chi connectivity index (χ0v) is 19.4. The van der Waals surface area contributed by atoms with Gasteiger partial charge in [0, 0.05) is 29.6 Å². The second-order valence-electron chi connectivity index (χ2n) is 8.13. The number of ether oxygens (including phenoxy) is 2. The maximum Gasteiger partial charge on any atom is 0.258 e. The first-order chi connectivity index (χ1) is 15.9. The van der Waals surface area contributed by atoms with Crippen LogP contribution in [0.3, 0.4) is 0 Å². The molecule has 2 heterocycles. The average molecular weight is 448 g/mol. The highest BCUT2D eigenvalue weighted by Gasteiger charge is 2.17. The van der Waals surface area contributed by atoms with Crippen molar-refractivity contribution in [2.45, 2.75) is 47.2 Å². The third-order valence-corrected chi connectivity index (χ3v) is 5.42. The number of amides is 1. The Balaban J connectivity index is 1.58. The number of aliphatic imine (C=N–C) groups is 1. The first-order valence-electron chi connectivity index (χ1n) is 11.1. The van der Waals surface area contributed by atoms with Crippen LogP contribution in [-0.2, 0) is 13.1 Å². The van der Waals surface area contributed by atoms with Gasteiger partial charge >= 0.3 is 0 Å². The summed E-state index contributed by atoms with van der Waals surface area (Å²) in [4.78, 5) is 17.7. The van der Waals surface area contributed by atoms with Gasteiger partial charge in [-0.25, -0.2) is 4.99 Å². The van der Waals surface area contributed by atoms with Crippen molar-refractivity contribution < 1.29 is 14.3 Å². The number of fused-ring (bicyclic) bond motifs is 1. The number of nitrogens with zero attached hydrogens (tertiary/aromatic N) is 3. The van der Waals surface area contributed by atoms with E-state index in [9.17, 15) is 4.79 Å². The topological polar surface area (TPSA) is 89.8 Å². The van der Waals surface area contributed by atoms with Crippen LogP contribution in [0.5, 0.6) is 11.5 Å². The summed E-state index contributed by atoms with van der Waals surface area (Å²) in [6.07, 6.45) is 3.02. The summed E-state index contributed by atoms with van der Waals surface area (Å²) >= 11 is 0. The van der Waals surface area contributed by atoms with E-state index in [0.717, 1.165) is 41.0 Å². The molecule has 0 aliphatic carbocycles. The van der Waals surface area contributed by atoms with Gasteiger partial charge in [0.25, 0.3) is 5.91 Å². The van der Waals surface area contributed by atoms with E-state index in [1.54, 1.807) is 18.2 Å². The predicted octanol–water partition coefficient (Wildman–Crippen LogP) is 4.35. The molecule has 1 aromatic heterocycles. The van der Waals surface area contributed by atoms with E-state index in [1.807, 2.05) is 49.8 Å². The Hall–Kier alpha value is -3.81. The highest BCUT2D eigenvalue weighted by molar-refractivity contribution is 6.10. The summed E-state index contributed by atoms with van der Waals surface area (Å²) < 4.78 is 12.7. The Morgan fingerprint density at radius 1 is 1.12 bits per heavy atom. The lowest BCUT2D eigenvalue weighted by Gasteiger charge is -2.14. The molecule has 0 radical (unpaired) electrons. The summed E-state index contributed by atoms with van der Waals surface area (Å²) in [6, 6.07) is 11.2. The molecule has 2 N–H and O–H groups in total. The first kappa shape index (κ1) is 22.4. The van der Waals surface area contributed by atoms with Crippen molar-refractivity contribution in [2.24, 2.45) is 4.99 Å². The molecule has 1 aliphatic heterocycles. The van der Waals surface area contributed by atoms with Gasteiger partial charge in [-0.15, -0.1) is 0 Å². The number of carbonyl (C=O) groups is 1. The van der Waals surface area contributed by atoms with E-state index in [-0.39, 0.29) is 12.7 Å². The van der Waals surface area contributed by atoms with Crippen LogP contribution in [0, 0.1) is 20.8 Å². The van der Waals surface area contributed by atoms with Crippen molar-refractivity contribution in [1.29, 1.82) is 0 Å². The Kier molecular flexibility index (Phi) is 6.63. The number of hydrogen-bond donors (Lipinski definition) is 2. The van der Waals surface area contributed by atoms with Crippen molar-refractivity contribution >= 4 is 17.6 Å². The van der Waals surface area contributed by atoms with Crippen molar-refractivity contribution in [3.63, 3.8) is 0 Å². The minimum Gasteiger partial charge on any atom is -0.454 e. The van der Waals surface area contributed by atoms with E-state index in [4.69, 9.17) is 14.5 Å². The third-order valence-electron chi connectivity index (χ3n) is 5.42. The summed E-state index contributed by atoms with van der Waals surface area (Å²) in [5, 5.41) is 10.8. The highest BCUT2D eigenvalue weighted by atomic mass is 16.7. The van der Waals surface area contributed by atoms with Crippen LogP contribution >= 0.6 is 0 Å². The first-order valence-corrected chi connectivity index (χ1v) is 11.1. The summed E-state index contributed by atoms with van der Waals surface area (Å²) in [7, 11) is 0. The second kappa shape index (κ2) is 9.77. The fourth-order valence-electron chi connectivity index (χ4n) is 3.55. The molecule has 0 saturated carbocycles. The number of nitrogens with one attached hydrogen (secondary N) is 2. The molecule has 4 rings (SSSR count). The minimum atomic E-state index is -0.289. The Morgan fingerprint density at radius 3 is 2.76 bits per heavy atom. The molecule has 33 heavy (non-hydrogen) atoms. The molecule has 0 bridgehead atoms. The number of aromatic nitrogens is 2. The highest BCUT2D eigenvalue weighted by Crippen LogP contribution is 2.32. The minimum absolute atomic E-state index is 0.159. The van der Waals surface area contributed by atoms with Gasteiger partial charge in [-0.2, -0.15) is 5.10 Å². The molecular formula is C25H29N5O3. The molecule has 172 valence electrons. The SMILES string of the molecule is CCCn1cc(CN=C(NC(=O)c2ccc3c(c2)OCO3)Nc2cc(C)ccc2C)c(C)n1. The fraction of sp³-hybridized carbons (Fsp3) is 0.320. The Morgan fingerprint density at radius 2 is 1.94 bits per heavy atom. The van der Waals surface area contributed by atoms with Crippen LogP contribution < -0.4 is 20.1 Å². The molecule has 0 spiro atoms. The van der Waals surface area contributed by atoms with E-state index in [1.165, 1.54) is 0 Å². The number of rotatable bonds is 6. The molecule has 2 aromatic carbocycles. The fourth-order valence-corrected chi connectivity index (χ4v) is 3.55.